The predicted molar refractivity (Wildman–Crippen MR) is 69.5 cm³/mol. The van der Waals surface area contributed by atoms with Gasteiger partial charge in [0.15, 0.2) is 0 Å². The highest BCUT2D eigenvalue weighted by molar-refractivity contribution is 5.67. The Labute approximate surface area is 109 Å². The molecule has 18 heavy (non-hydrogen) atoms. The summed E-state index contributed by atoms with van der Waals surface area (Å²) < 4.78 is 0. The largest absolute Gasteiger partial charge is 0.481 e. The number of piperidine rings is 1. The molecule has 0 radical (unpaired) electrons. The van der Waals surface area contributed by atoms with Crippen molar-refractivity contribution in [3.63, 3.8) is 0 Å². The van der Waals surface area contributed by atoms with Crippen LogP contribution in [-0.2, 0) is 4.79 Å². The molecule has 2 unspecified atom stereocenters. The molecule has 0 aromatic heterocycles. The summed E-state index contributed by atoms with van der Waals surface area (Å²) in [5.74, 6) is -0.297. The zero-order chi connectivity index (χ0) is 12.5. The fraction of sp³-hybridized carbons (Fsp3) is 0.929. The highest BCUT2D eigenvalue weighted by atomic mass is 16.4. The highest BCUT2D eigenvalue weighted by Crippen LogP contribution is 2.31. The smallest absolute Gasteiger partial charge is 0.303 e. The first-order valence-corrected chi connectivity index (χ1v) is 7.42. The first kappa shape index (κ1) is 12.4. The van der Waals surface area contributed by atoms with E-state index in [1.54, 1.807) is 0 Å². The second kappa shape index (κ2) is 5.17. The molecule has 1 heterocycles. The van der Waals surface area contributed by atoms with Crippen LogP contribution in [0.5, 0.6) is 0 Å². The molecule has 2 atom stereocenters. The molecule has 3 rings (SSSR count). The lowest BCUT2D eigenvalue weighted by Gasteiger charge is -2.45. The average molecular weight is 252 g/mol. The molecule has 4 heteroatoms. The Morgan fingerprint density at radius 3 is 2.50 bits per heavy atom. The van der Waals surface area contributed by atoms with Crippen LogP contribution in [-0.4, -0.2) is 47.2 Å². The normalized spacial score (nSPS) is 34.2. The fourth-order valence-electron chi connectivity index (χ4n) is 3.39. The summed E-state index contributed by atoms with van der Waals surface area (Å²) in [4.78, 5) is 13.5. The van der Waals surface area contributed by atoms with Gasteiger partial charge in [0.2, 0.25) is 0 Å². The molecule has 0 amide bonds. The van der Waals surface area contributed by atoms with Crippen LogP contribution in [0.2, 0.25) is 0 Å². The van der Waals surface area contributed by atoms with Gasteiger partial charge in [0, 0.05) is 37.6 Å². The van der Waals surface area contributed by atoms with Crippen molar-refractivity contribution in [2.75, 3.05) is 13.1 Å². The molecular weight excluding hydrogens is 228 g/mol. The summed E-state index contributed by atoms with van der Waals surface area (Å²) in [6.45, 7) is 2.14. The van der Waals surface area contributed by atoms with Crippen molar-refractivity contribution in [1.82, 2.24) is 10.2 Å². The van der Waals surface area contributed by atoms with Crippen LogP contribution < -0.4 is 5.32 Å². The van der Waals surface area contributed by atoms with Gasteiger partial charge in [0.1, 0.15) is 0 Å². The molecule has 0 spiro atoms. The molecule has 3 aliphatic rings. The minimum Gasteiger partial charge on any atom is -0.481 e. The van der Waals surface area contributed by atoms with Crippen molar-refractivity contribution in [2.45, 2.75) is 63.1 Å². The van der Waals surface area contributed by atoms with Crippen molar-refractivity contribution in [2.24, 2.45) is 5.92 Å². The molecule has 0 aromatic rings. The third-order valence-corrected chi connectivity index (χ3v) is 4.67. The maximum atomic E-state index is 10.9. The second-order valence-corrected chi connectivity index (χ2v) is 6.38. The number of likely N-dealkylation sites (tertiary alicyclic amines) is 1. The number of hydrogen-bond donors (Lipinski definition) is 2. The summed E-state index contributed by atoms with van der Waals surface area (Å²) in [5, 5.41) is 12.7. The van der Waals surface area contributed by atoms with Gasteiger partial charge in [0.25, 0.3) is 0 Å². The van der Waals surface area contributed by atoms with Gasteiger partial charge < -0.3 is 10.4 Å². The summed E-state index contributed by atoms with van der Waals surface area (Å²) >= 11 is 0. The van der Waals surface area contributed by atoms with Crippen molar-refractivity contribution < 1.29 is 9.90 Å². The van der Waals surface area contributed by atoms with Gasteiger partial charge >= 0.3 is 5.97 Å². The van der Waals surface area contributed by atoms with Crippen LogP contribution in [0.15, 0.2) is 0 Å². The number of rotatable bonds is 5. The van der Waals surface area contributed by atoms with Crippen LogP contribution in [0.4, 0.5) is 0 Å². The molecular formula is C14H24N2O2. The Morgan fingerprint density at radius 2 is 1.94 bits per heavy atom. The maximum absolute atomic E-state index is 10.9. The van der Waals surface area contributed by atoms with E-state index in [9.17, 15) is 4.79 Å². The van der Waals surface area contributed by atoms with Crippen molar-refractivity contribution in [3.05, 3.63) is 0 Å². The van der Waals surface area contributed by atoms with Gasteiger partial charge in [-0.25, -0.2) is 0 Å². The Balaban J connectivity index is 1.58. The number of nitrogens with one attached hydrogen (secondary N) is 1. The number of carboxylic acid groups (broad SMARTS) is 1. The lowest BCUT2D eigenvalue weighted by Crippen LogP contribution is -2.54. The van der Waals surface area contributed by atoms with Crippen LogP contribution >= 0.6 is 0 Å². The number of carboxylic acids is 1. The number of nitrogens with zero attached hydrogens (tertiary/aromatic N) is 1. The third-order valence-electron chi connectivity index (χ3n) is 4.67. The number of aliphatic carboxylic acids is 1. The van der Waals surface area contributed by atoms with E-state index in [1.165, 1.54) is 32.1 Å². The Kier molecular flexibility index (Phi) is 3.57. The predicted octanol–water partition coefficient (Wildman–Crippen LogP) is 1.46. The lowest BCUT2D eigenvalue weighted by atomic mass is 9.85. The summed E-state index contributed by atoms with van der Waals surface area (Å²) in [6.07, 6.45) is 7.99. The van der Waals surface area contributed by atoms with E-state index in [4.69, 9.17) is 5.11 Å². The summed E-state index contributed by atoms with van der Waals surface area (Å²) in [5.41, 5.74) is 0. The van der Waals surface area contributed by atoms with Crippen molar-refractivity contribution in [1.29, 1.82) is 0 Å². The molecule has 0 bridgehead atoms. The molecule has 2 N–H and O–H groups in total. The topological polar surface area (TPSA) is 52.6 Å². The SMILES string of the molecule is O=C(O)CC1CC(NC2CC2)CN(C2CCC2)C1. The minimum absolute atomic E-state index is 0.339. The van der Waals surface area contributed by atoms with Gasteiger partial charge in [-0.05, 0) is 38.0 Å². The van der Waals surface area contributed by atoms with Gasteiger partial charge in [-0.15, -0.1) is 0 Å². The minimum atomic E-state index is -0.638. The van der Waals surface area contributed by atoms with Crippen molar-refractivity contribution in [3.8, 4) is 0 Å². The van der Waals surface area contributed by atoms with E-state index in [2.05, 4.69) is 10.2 Å². The molecule has 4 nitrogen and oxygen atoms in total. The van der Waals surface area contributed by atoms with Crippen molar-refractivity contribution >= 4 is 5.97 Å². The van der Waals surface area contributed by atoms with Gasteiger partial charge in [-0.3, -0.25) is 9.69 Å². The zero-order valence-corrected chi connectivity index (χ0v) is 11.0. The van der Waals surface area contributed by atoms with E-state index in [1.807, 2.05) is 0 Å². The quantitative estimate of drug-likeness (QED) is 0.778. The van der Waals surface area contributed by atoms with E-state index in [-0.39, 0.29) is 0 Å². The van der Waals surface area contributed by atoms with Gasteiger partial charge in [-0.1, -0.05) is 6.42 Å². The van der Waals surface area contributed by atoms with E-state index in [0.29, 0.717) is 18.4 Å². The van der Waals surface area contributed by atoms with E-state index >= 15 is 0 Å². The van der Waals surface area contributed by atoms with Gasteiger partial charge in [0.05, 0.1) is 0 Å². The molecule has 2 saturated carbocycles. The first-order chi connectivity index (χ1) is 8.70. The van der Waals surface area contributed by atoms with Crippen LogP contribution in [0.25, 0.3) is 0 Å². The Morgan fingerprint density at radius 1 is 1.17 bits per heavy atom. The average Bonchev–Trinajstić information content (AvgIpc) is 2.97. The third kappa shape index (κ3) is 3.04. The van der Waals surface area contributed by atoms with Crippen LogP contribution in [0, 0.1) is 5.92 Å². The van der Waals surface area contributed by atoms with E-state index in [0.717, 1.165) is 31.6 Å². The second-order valence-electron chi connectivity index (χ2n) is 6.38. The Hall–Kier alpha value is -0.610. The van der Waals surface area contributed by atoms with Gasteiger partial charge in [-0.2, -0.15) is 0 Å². The Bertz CT molecular complexity index is 313. The molecule has 1 saturated heterocycles. The first-order valence-electron chi connectivity index (χ1n) is 7.42. The number of carbonyl (C=O) groups is 1. The fourth-order valence-corrected chi connectivity index (χ4v) is 3.39. The molecule has 3 fully saturated rings. The lowest BCUT2D eigenvalue weighted by molar-refractivity contribution is -0.138. The van der Waals surface area contributed by atoms with Crippen LogP contribution in [0.3, 0.4) is 0 Å². The standard InChI is InChI=1S/C14H24N2O2/c17-14(18)7-10-6-12(15-11-4-5-11)9-16(8-10)13-2-1-3-13/h10-13,15H,1-9H2,(H,17,18). The maximum Gasteiger partial charge on any atom is 0.303 e. The number of hydrogen-bond acceptors (Lipinski definition) is 3. The van der Waals surface area contributed by atoms with E-state index < -0.39 is 5.97 Å². The molecule has 2 aliphatic carbocycles. The van der Waals surface area contributed by atoms with Crippen LogP contribution in [0.1, 0.15) is 44.9 Å². The molecule has 102 valence electrons. The summed E-state index contributed by atoms with van der Waals surface area (Å²) in [6, 6.07) is 1.99. The monoisotopic (exact) mass is 252 g/mol. The molecule has 0 aromatic carbocycles. The molecule has 1 aliphatic heterocycles. The highest BCUT2D eigenvalue weighted by Gasteiger charge is 2.36. The summed E-state index contributed by atoms with van der Waals surface area (Å²) in [7, 11) is 0. The zero-order valence-electron chi connectivity index (χ0n) is 11.0.